The third-order valence-corrected chi connectivity index (χ3v) is 2.12. The molecule has 1 N–H and O–H groups in total. The van der Waals surface area contributed by atoms with E-state index in [9.17, 15) is 4.79 Å². The van der Waals surface area contributed by atoms with E-state index in [4.69, 9.17) is 0 Å². The second-order valence-corrected chi connectivity index (χ2v) is 4.37. The van der Waals surface area contributed by atoms with E-state index in [-0.39, 0.29) is 5.91 Å². The minimum atomic E-state index is -0.0101. The van der Waals surface area contributed by atoms with Crippen LogP contribution in [0, 0.1) is 5.92 Å². The fourth-order valence-corrected chi connectivity index (χ4v) is 1.48. The molecule has 0 spiro atoms. The van der Waals surface area contributed by atoms with Crippen LogP contribution in [-0.2, 0) is 4.79 Å². The highest BCUT2D eigenvalue weighted by molar-refractivity contribution is 5.92. The zero-order valence-electron chi connectivity index (χ0n) is 9.89. The molecule has 0 aliphatic heterocycles. The Bertz CT molecular complexity index is 196. The lowest BCUT2D eigenvalue weighted by atomic mass is 10.00. The van der Waals surface area contributed by atoms with Crippen LogP contribution in [0.3, 0.4) is 0 Å². The fraction of sp³-hybridized carbons (Fsp3) is 0.750. The van der Waals surface area contributed by atoms with Crippen LogP contribution in [0.2, 0.25) is 0 Å². The topological polar surface area (TPSA) is 29.1 Å². The van der Waals surface area contributed by atoms with Crippen molar-refractivity contribution in [2.45, 2.75) is 53.0 Å². The van der Waals surface area contributed by atoms with Crippen LogP contribution < -0.4 is 5.32 Å². The van der Waals surface area contributed by atoms with Crippen LogP contribution in [0.5, 0.6) is 0 Å². The average Bonchev–Trinajstić information content (AvgIpc) is 2.02. The van der Waals surface area contributed by atoms with Crippen molar-refractivity contribution >= 4 is 5.91 Å². The van der Waals surface area contributed by atoms with Crippen LogP contribution in [-0.4, -0.2) is 11.9 Å². The third-order valence-electron chi connectivity index (χ3n) is 2.12. The van der Waals surface area contributed by atoms with Crippen LogP contribution in [0.15, 0.2) is 12.2 Å². The van der Waals surface area contributed by atoms with Crippen LogP contribution >= 0.6 is 0 Å². The molecule has 0 aliphatic rings. The molecule has 0 aromatic rings. The molecule has 0 aromatic heterocycles. The summed E-state index contributed by atoms with van der Waals surface area (Å²) in [5.41, 5.74) is 0.592. The van der Waals surface area contributed by atoms with Crippen molar-refractivity contribution in [2.24, 2.45) is 5.92 Å². The number of hydrogen-bond donors (Lipinski definition) is 1. The normalized spacial score (nSPS) is 12.6. The minimum Gasteiger partial charge on any atom is -0.350 e. The van der Waals surface area contributed by atoms with Gasteiger partial charge in [-0.25, -0.2) is 0 Å². The van der Waals surface area contributed by atoms with Crippen LogP contribution in [0.1, 0.15) is 47.0 Å². The van der Waals surface area contributed by atoms with Crippen molar-refractivity contribution < 1.29 is 4.79 Å². The Hall–Kier alpha value is -0.790. The second-order valence-electron chi connectivity index (χ2n) is 4.37. The van der Waals surface area contributed by atoms with Gasteiger partial charge < -0.3 is 5.32 Å². The molecule has 0 saturated heterocycles. The highest BCUT2D eigenvalue weighted by atomic mass is 16.1. The van der Waals surface area contributed by atoms with E-state index in [1.165, 1.54) is 0 Å². The van der Waals surface area contributed by atoms with E-state index < -0.39 is 0 Å². The first kappa shape index (κ1) is 13.2. The third kappa shape index (κ3) is 5.79. The molecule has 14 heavy (non-hydrogen) atoms. The first-order chi connectivity index (χ1) is 6.47. The Balaban J connectivity index is 4.08. The Labute approximate surface area is 87.8 Å². The summed E-state index contributed by atoms with van der Waals surface area (Å²) >= 11 is 0. The van der Waals surface area contributed by atoms with Crippen molar-refractivity contribution in [3.05, 3.63) is 12.2 Å². The molecule has 0 fully saturated rings. The molecule has 0 heterocycles. The van der Waals surface area contributed by atoms with Gasteiger partial charge >= 0.3 is 0 Å². The molecule has 1 amide bonds. The summed E-state index contributed by atoms with van der Waals surface area (Å²) in [5.74, 6) is 0.612. The quantitative estimate of drug-likeness (QED) is 0.652. The van der Waals surface area contributed by atoms with E-state index in [1.54, 1.807) is 6.92 Å². The van der Waals surface area contributed by atoms with Gasteiger partial charge in [0.2, 0.25) is 5.91 Å². The number of hydrogen-bond acceptors (Lipinski definition) is 1. The summed E-state index contributed by atoms with van der Waals surface area (Å²) < 4.78 is 0. The molecular weight excluding hydrogens is 174 g/mol. The van der Waals surface area contributed by atoms with Crippen molar-refractivity contribution in [2.75, 3.05) is 0 Å². The van der Waals surface area contributed by atoms with E-state index in [0.717, 1.165) is 19.3 Å². The van der Waals surface area contributed by atoms with Crippen molar-refractivity contribution in [3.8, 4) is 0 Å². The van der Waals surface area contributed by atoms with Crippen LogP contribution in [0.4, 0.5) is 0 Å². The van der Waals surface area contributed by atoms with Gasteiger partial charge in [-0.15, -0.1) is 0 Å². The molecule has 2 nitrogen and oxygen atoms in total. The highest BCUT2D eigenvalue weighted by Gasteiger charge is 2.12. The van der Waals surface area contributed by atoms with Gasteiger partial charge in [-0.1, -0.05) is 33.8 Å². The Kier molecular flexibility index (Phi) is 6.26. The fourth-order valence-electron chi connectivity index (χ4n) is 1.48. The SMILES string of the molecule is C=C(C)C(=O)NC(CCC)CC(C)C. The van der Waals surface area contributed by atoms with Gasteiger partial charge in [-0.2, -0.15) is 0 Å². The van der Waals surface area contributed by atoms with Gasteiger partial charge in [0.25, 0.3) is 0 Å². The highest BCUT2D eigenvalue weighted by Crippen LogP contribution is 2.10. The van der Waals surface area contributed by atoms with Crippen LogP contribution in [0.25, 0.3) is 0 Å². The smallest absolute Gasteiger partial charge is 0.246 e. The van der Waals surface area contributed by atoms with E-state index in [2.05, 4.69) is 32.7 Å². The summed E-state index contributed by atoms with van der Waals surface area (Å²) in [6, 6.07) is 0.309. The molecule has 0 saturated carbocycles. The number of carbonyl (C=O) groups excluding carboxylic acids is 1. The molecule has 82 valence electrons. The Morgan fingerprint density at radius 1 is 1.43 bits per heavy atom. The van der Waals surface area contributed by atoms with Gasteiger partial charge in [-0.05, 0) is 25.7 Å². The maximum atomic E-state index is 11.4. The molecule has 2 heteroatoms. The van der Waals surface area contributed by atoms with Crippen molar-refractivity contribution in [3.63, 3.8) is 0 Å². The van der Waals surface area contributed by atoms with E-state index >= 15 is 0 Å². The van der Waals surface area contributed by atoms with Gasteiger partial charge in [0.15, 0.2) is 0 Å². The summed E-state index contributed by atoms with van der Waals surface area (Å²) in [6.45, 7) is 11.9. The van der Waals surface area contributed by atoms with Gasteiger partial charge in [-0.3, -0.25) is 4.79 Å². The molecule has 0 rings (SSSR count). The predicted molar refractivity (Wildman–Crippen MR) is 61.1 cm³/mol. The zero-order chi connectivity index (χ0) is 11.1. The molecule has 1 atom stereocenters. The summed E-state index contributed by atoms with van der Waals surface area (Å²) in [7, 11) is 0. The van der Waals surface area contributed by atoms with Crippen molar-refractivity contribution in [1.82, 2.24) is 5.32 Å². The molecule has 0 radical (unpaired) electrons. The van der Waals surface area contributed by atoms with Gasteiger partial charge in [0, 0.05) is 11.6 Å². The number of amides is 1. The maximum Gasteiger partial charge on any atom is 0.246 e. The lowest BCUT2D eigenvalue weighted by Crippen LogP contribution is -2.36. The molecule has 0 aromatic carbocycles. The number of rotatable bonds is 6. The van der Waals surface area contributed by atoms with Crippen molar-refractivity contribution in [1.29, 1.82) is 0 Å². The monoisotopic (exact) mass is 197 g/mol. The molecule has 0 bridgehead atoms. The summed E-state index contributed by atoms with van der Waals surface area (Å²) in [5, 5.41) is 3.01. The van der Waals surface area contributed by atoms with Gasteiger partial charge in [0.05, 0.1) is 0 Å². The largest absolute Gasteiger partial charge is 0.350 e. The second kappa shape index (κ2) is 6.63. The van der Waals surface area contributed by atoms with E-state index in [0.29, 0.717) is 17.5 Å². The van der Waals surface area contributed by atoms with Gasteiger partial charge in [0.1, 0.15) is 0 Å². The standard InChI is InChI=1S/C12H23NO/c1-6-7-11(8-9(2)3)13-12(14)10(4)5/h9,11H,4,6-8H2,1-3,5H3,(H,13,14). The first-order valence-electron chi connectivity index (χ1n) is 5.43. The maximum absolute atomic E-state index is 11.4. The zero-order valence-corrected chi connectivity index (χ0v) is 9.89. The lowest BCUT2D eigenvalue weighted by Gasteiger charge is -2.20. The lowest BCUT2D eigenvalue weighted by molar-refractivity contribution is -0.118. The number of nitrogens with one attached hydrogen (secondary N) is 1. The predicted octanol–water partition coefficient (Wildman–Crippen LogP) is 2.89. The summed E-state index contributed by atoms with van der Waals surface area (Å²) in [4.78, 5) is 11.4. The first-order valence-corrected chi connectivity index (χ1v) is 5.43. The summed E-state index contributed by atoms with van der Waals surface area (Å²) in [6.07, 6.45) is 3.21. The molecule has 0 aliphatic carbocycles. The van der Waals surface area contributed by atoms with E-state index in [1.807, 2.05) is 0 Å². The number of carbonyl (C=O) groups is 1. The molecular formula is C12H23NO. The molecule has 1 unspecified atom stereocenters. The average molecular weight is 197 g/mol. The Morgan fingerprint density at radius 3 is 2.36 bits per heavy atom. The minimum absolute atomic E-state index is 0.0101. The Morgan fingerprint density at radius 2 is 2.00 bits per heavy atom.